The van der Waals surface area contributed by atoms with Gasteiger partial charge in [-0.15, -0.1) is 0 Å². The zero-order chi connectivity index (χ0) is 13.7. The van der Waals surface area contributed by atoms with Crippen LogP contribution >= 0.6 is 0 Å². The van der Waals surface area contributed by atoms with E-state index in [1.165, 1.54) is 0 Å². The molecular formula is C14H18N4O. The van der Waals surface area contributed by atoms with Crippen LogP contribution < -0.4 is 10.1 Å². The Kier molecular flexibility index (Phi) is 4.41. The van der Waals surface area contributed by atoms with Crippen molar-refractivity contribution in [2.75, 3.05) is 13.7 Å². The Hall–Kier alpha value is -2.01. The third-order valence-electron chi connectivity index (χ3n) is 2.77. The van der Waals surface area contributed by atoms with E-state index in [2.05, 4.69) is 27.2 Å². The summed E-state index contributed by atoms with van der Waals surface area (Å²) in [5, 5.41) is 3.37. The smallest absolute Gasteiger partial charge is 0.149 e. The van der Waals surface area contributed by atoms with Crippen LogP contribution in [0, 0.1) is 6.92 Å². The average Bonchev–Trinajstić information content (AvgIpc) is 2.46. The lowest BCUT2D eigenvalue weighted by molar-refractivity contribution is 0.411. The Bertz CT molecular complexity index is 527. The normalized spacial score (nSPS) is 12.2. The molecule has 0 aromatic carbocycles. The Morgan fingerprint density at radius 3 is 2.58 bits per heavy atom. The summed E-state index contributed by atoms with van der Waals surface area (Å²) >= 11 is 0. The molecule has 2 aromatic rings. The van der Waals surface area contributed by atoms with Gasteiger partial charge in [0.15, 0.2) is 0 Å². The van der Waals surface area contributed by atoms with Crippen LogP contribution in [0.5, 0.6) is 5.75 Å². The third-order valence-corrected chi connectivity index (χ3v) is 2.77. The Morgan fingerprint density at radius 2 is 1.95 bits per heavy atom. The molecule has 0 saturated heterocycles. The monoisotopic (exact) mass is 258 g/mol. The second kappa shape index (κ2) is 6.24. The molecule has 1 unspecified atom stereocenters. The number of nitrogens with zero attached hydrogens (tertiary/aromatic N) is 3. The van der Waals surface area contributed by atoms with E-state index >= 15 is 0 Å². The topological polar surface area (TPSA) is 59.9 Å². The molecule has 0 aliphatic carbocycles. The second-order valence-electron chi connectivity index (χ2n) is 4.27. The standard InChI is InChI=1S/C14H18N4O/c1-4-16-13(14-17-6-10(2)7-18-14)11-5-12(19-3)9-15-8-11/h5-9,13,16H,4H2,1-3H3. The highest BCUT2D eigenvalue weighted by Crippen LogP contribution is 2.21. The first-order valence-corrected chi connectivity index (χ1v) is 6.25. The van der Waals surface area contributed by atoms with Gasteiger partial charge in [0.05, 0.1) is 19.3 Å². The summed E-state index contributed by atoms with van der Waals surface area (Å²) in [4.78, 5) is 13.0. The highest BCUT2D eigenvalue weighted by molar-refractivity contribution is 5.29. The number of aryl methyl sites for hydroxylation is 1. The molecule has 0 spiro atoms. The molecule has 0 fully saturated rings. The van der Waals surface area contributed by atoms with Crippen LogP contribution in [-0.2, 0) is 0 Å². The lowest BCUT2D eigenvalue weighted by atomic mass is 10.1. The van der Waals surface area contributed by atoms with E-state index in [9.17, 15) is 0 Å². The molecule has 100 valence electrons. The van der Waals surface area contributed by atoms with Gasteiger partial charge < -0.3 is 10.1 Å². The number of ether oxygens (including phenoxy) is 1. The number of methoxy groups -OCH3 is 1. The quantitative estimate of drug-likeness (QED) is 0.887. The molecule has 0 aliphatic heterocycles. The van der Waals surface area contributed by atoms with Crippen LogP contribution in [0.2, 0.25) is 0 Å². The summed E-state index contributed by atoms with van der Waals surface area (Å²) in [6.45, 7) is 4.84. The maximum Gasteiger partial charge on any atom is 0.149 e. The van der Waals surface area contributed by atoms with Crippen LogP contribution in [0.25, 0.3) is 0 Å². The number of pyridine rings is 1. The van der Waals surface area contributed by atoms with Crippen LogP contribution in [0.1, 0.15) is 29.9 Å². The molecule has 1 atom stereocenters. The summed E-state index contributed by atoms with van der Waals surface area (Å²) in [6.07, 6.45) is 7.13. The fourth-order valence-corrected chi connectivity index (χ4v) is 1.82. The molecule has 0 aliphatic rings. The molecule has 2 rings (SSSR count). The van der Waals surface area contributed by atoms with Gasteiger partial charge in [0.25, 0.3) is 0 Å². The fraction of sp³-hybridized carbons (Fsp3) is 0.357. The molecule has 1 N–H and O–H groups in total. The second-order valence-corrected chi connectivity index (χ2v) is 4.27. The molecule has 0 radical (unpaired) electrons. The van der Waals surface area contributed by atoms with Crippen molar-refractivity contribution < 1.29 is 4.74 Å². The summed E-state index contributed by atoms with van der Waals surface area (Å²) < 4.78 is 5.21. The van der Waals surface area contributed by atoms with Gasteiger partial charge in [-0.2, -0.15) is 0 Å². The van der Waals surface area contributed by atoms with Crippen LogP contribution in [-0.4, -0.2) is 28.6 Å². The first-order chi connectivity index (χ1) is 9.24. The average molecular weight is 258 g/mol. The third kappa shape index (κ3) is 3.26. The first-order valence-electron chi connectivity index (χ1n) is 6.25. The lowest BCUT2D eigenvalue weighted by Crippen LogP contribution is -2.24. The van der Waals surface area contributed by atoms with Crippen molar-refractivity contribution in [3.63, 3.8) is 0 Å². The van der Waals surface area contributed by atoms with Crippen molar-refractivity contribution in [2.24, 2.45) is 0 Å². The Labute approximate surface area is 113 Å². The predicted octanol–water partition coefficient (Wildman–Crippen LogP) is 1.89. The number of hydrogen-bond donors (Lipinski definition) is 1. The molecule has 19 heavy (non-hydrogen) atoms. The molecule has 0 amide bonds. The van der Waals surface area contributed by atoms with E-state index in [0.717, 1.165) is 29.2 Å². The van der Waals surface area contributed by atoms with Crippen molar-refractivity contribution >= 4 is 0 Å². The van der Waals surface area contributed by atoms with E-state index in [-0.39, 0.29) is 6.04 Å². The van der Waals surface area contributed by atoms with Crippen molar-refractivity contribution in [2.45, 2.75) is 19.9 Å². The predicted molar refractivity (Wildman–Crippen MR) is 73.1 cm³/mol. The van der Waals surface area contributed by atoms with Crippen molar-refractivity contribution in [3.05, 3.63) is 47.8 Å². The lowest BCUT2D eigenvalue weighted by Gasteiger charge is -2.17. The first kappa shape index (κ1) is 13.4. The summed E-state index contributed by atoms with van der Waals surface area (Å²) in [5.74, 6) is 1.47. The van der Waals surface area contributed by atoms with E-state index in [0.29, 0.717) is 0 Å². The highest BCUT2D eigenvalue weighted by atomic mass is 16.5. The van der Waals surface area contributed by atoms with Crippen LogP contribution in [0.15, 0.2) is 30.9 Å². The van der Waals surface area contributed by atoms with Crippen molar-refractivity contribution in [1.82, 2.24) is 20.3 Å². The maximum absolute atomic E-state index is 5.21. The van der Waals surface area contributed by atoms with Gasteiger partial charge in [0.2, 0.25) is 0 Å². The van der Waals surface area contributed by atoms with Gasteiger partial charge in [-0.05, 0) is 30.7 Å². The van der Waals surface area contributed by atoms with E-state index in [1.54, 1.807) is 19.5 Å². The highest BCUT2D eigenvalue weighted by Gasteiger charge is 2.16. The maximum atomic E-state index is 5.21. The van der Waals surface area contributed by atoms with Gasteiger partial charge in [0, 0.05) is 18.6 Å². The SMILES string of the molecule is CCNC(c1cncc(OC)c1)c1ncc(C)cn1. The fourth-order valence-electron chi connectivity index (χ4n) is 1.82. The van der Waals surface area contributed by atoms with Gasteiger partial charge in [-0.25, -0.2) is 9.97 Å². The summed E-state index contributed by atoms with van der Waals surface area (Å²) in [5.41, 5.74) is 2.04. The van der Waals surface area contributed by atoms with Crippen molar-refractivity contribution in [3.8, 4) is 5.75 Å². The van der Waals surface area contributed by atoms with Gasteiger partial charge >= 0.3 is 0 Å². The van der Waals surface area contributed by atoms with E-state index in [4.69, 9.17) is 4.74 Å². The van der Waals surface area contributed by atoms with Gasteiger partial charge in [-0.3, -0.25) is 4.98 Å². The zero-order valence-electron chi connectivity index (χ0n) is 11.4. The number of rotatable bonds is 5. The molecular weight excluding hydrogens is 240 g/mol. The molecule has 2 heterocycles. The summed E-state index contributed by atoms with van der Waals surface area (Å²) in [7, 11) is 1.63. The molecule has 0 bridgehead atoms. The van der Waals surface area contributed by atoms with Gasteiger partial charge in [-0.1, -0.05) is 6.92 Å². The number of hydrogen-bond acceptors (Lipinski definition) is 5. The van der Waals surface area contributed by atoms with Crippen molar-refractivity contribution in [1.29, 1.82) is 0 Å². The van der Waals surface area contributed by atoms with Crippen LogP contribution in [0.3, 0.4) is 0 Å². The minimum absolute atomic E-state index is 0.0757. The van der Waals surface area contributed by atoms with Gasteiger partial charge in [0.1, 0.15) is 11.6 Å². The molecule has 2 aromatic heterocycles. The van der Waals surface area contributed by atoms with E-state index in [1.807, 2.05) is 25.4 Å². The minimum Gasteiger partial charge on any atom is -0.495 e. The molecule has 5 nitrogen and oxygen atoms in total. The zero-order valence-corrected chi connectivity index (χ0v) is 11.4. The van der Waals surface area contributed by atoms with E-state index < -0.39 is 0 Å². The Balaban J connectivity index is 2.35. The Morgan fingerprint density at radius 1 is 1.21 bits per heavy atom. The summed E-state index contributed by atoms with van der Waals surface area (Å²) in [6, 6.07) is 1.87. The largest absolute Gasteiger partial charge is 0.495 e. The number of aromatic nitrogens is 3. The minimum atomic E-state index is -0.0757. The molecule has 0 saturated carbocycles. The molecule has 5 heteroatoms. The number of nitrogens with one attached hydrogen (secondary N) is 1. The van der Waals surface area contributed by atoms with Crippen LogP contribution in [0.4, 0.5) is 0 Å².